The van der Waals surface area contributed by atoms with Crippen LogP contribution in [0.25, 0.3) is 0 Å². The van der Waals surface area contributed by atoms with Crippen LogP contribution >= 0.6 is 23.5 Å². The maximum Gasteiger partial charge on any atom is 0.327 e. The van der Waals surface area contributed by atoms with E-state index in [0.717, 1.165) is 37.4 Å². The van der Waals surface area contributed by atoms with Gasteiger partial charge in [0.2, 0.25) is 16.9 Å². The minimum absolute atomic E-state index is 0.219. The highest BCUT2D eigenvalue weighted by Gasteiger charge is 2.50. The second-order valence-corrected chi connectivity index (χ2v) is 15.8. The van der Waals surface area contributed by atoms with Gasteiger partial charge in [-0.2, -0.15) is 0 Å². The molecular weight excluding hydrogens is 723 g/mol. The molecule has 0 aliphatic carbocycles. The highest BCUT2D eigenvalue weighted by atomic mass is 32.2. The normalized spacial score (nSPS) is 15.5. The Kier molecular flexibility index (Phi) is 14.9. The molecule has 0 bridgehead atoms. The summed E-state index contributed by atoms with van der Waals surface area (Å²) >= 11 is 2.37. The molecule has 0 fully saturated rings. The Morgan fingerprint density at radius 1 is 0.962 bits per heavy atom. The first-order valence-corrected chi connectivity index (χ1v) is 20.9. The number of carbonyl (C=O) groups excluding carboxylic acids is 4. The minimum atomic E-state index is -1.51. The van der Waals surface area contributed by atoms with Crippen molar-refractivity contribution < 1.29 is 38.0 Å². The first-order chi connectivity index (χ1) is 24.9. The van der Waals surface area contributed by atoms with Crippen molar-refractivity contribution in [3.8, 4) is 5.75 Å². The molecule has 3 aromatic carbocycles. The third-order valence-electron chi connectivity index (χ3n) is 8.70. The van der Waals surface area contributed by atoms with Gasteiger partial charge < -0.3 is 20.5 Å². The zero-order chi connectivity index (χ0) is 37.8. The number of carboxylic acid groups (broad SMARTS) is 1. The van der Waals surface area contributed by atoms with Gasteiger partial charge in [0.25, 0.3) is 5.91 Å². The van der Waals surface area contributed by atoms with E-state index in [1.54, 1.807) is 47.4 Å². The molecule has 278 valence electrons. The summed E-state index contributed by atoms with van der Waals surface area (Å²) in [5, 5.41) is 14.4. The maximum absolute atomic E-state index is 14.7. The third kappa shape index (κ3) is 9.84. The molecule has 3 aromatic rings. The van der Waals surface area contributed by atoms with E-state index in [9.17, 15) is 33.3 Å². The molecule has 0 radical (unpaired) electrons. The molecule has 11 nitrogen and oxygen atoms in total. The fourth-order valence-corrected chi connectivity index (χ4v) is 8.31. The van der Waals surface area contributed by atoms with Crippen LogP contribution in [0.2, 0.25) is 0 Å². The number of unbranched alkanes of at least 4 members (excludes halogenated alkanes) is 2. The van der Waals surface area contributed by atoms with Crippen molar-refractivity contribution in [1.82, 2.24) is 10.6 Å². The van der Waals surface area contributed by atoms with Gasteiger partial charge in [0.05, 0.1) is 16.3 Å². The first kappa shape index (κ1) is 40.6. The van der Waals surface area contributed by atoms with E-state index in [1.165, 1.54) is 18.0 Å². The van der Waals surface area contributed by atoms with Crippen LogP contribution in [0.5, 0.6) is 5.75 Å². The number of nitrogens with zero attached hydrogens (tertiary/aromatic N) is 1. The van der Waals surface area contributed by atoms with Crippen LogP contribution in [-0.2, 0) is 34.8 Å². The number of para-hydroxylation sites is 1. The standard InChI is InChI=1S/C38H45N3O8S3/c1-5-7-19-38(20-8-6-2)36(46)41(26-17-13-10-14-18-26)28-21-31(50-3)29(22-30(28)51-37(38)47)49-23-32(42)40-33(25-15-11-9-12-16-25)34(43)39-27(35(44)45)24-52(4)48/h9-18,21-22,27,33H,5-8,19-20,23-24H2,1-4H3,(H,39,43)(H,40,42)(H,44,45)/t27-,33+,52?/m0/s1. The summed E-state index contributed by atoms with van der Waals surface area (Å²) in [5.74, 6) is -3.05. The summed E-state index contributed by atoms with van der Waals surface area (Å²) in [6, 6.07) is 18.4. The Bertz CT molecular complexity index is 1770. The van der Waals surface area contributed by atoms with Gasteiger partial charge in [0.15, 0.2) is 6.61 Å². The number of amides is 3. The van der Waals surface area contributed by atoms with Crippen molar-refractivity contribution in [2.75, 3.05) is 29.8 Å². The topological polar surface area (TPSA) is 159 Å². The lowest BCUT2D eigenvalue weighted by molar-refractivity contribution is -0.141. The van der Waals surface area contributed by atoms with E-state index < -0.39 is 52.7 Å². The number of nitrogens with one attached hydrogen (secondary N) is 2. The van der Waals surface area contributed by atoms with Gasteiger partial charge in [0.1, 0.15) is 23.2 Å². The van der Waals surface area contributed by atoms with E-state index in [0.29, 0.717) is 45.3 Å². The minimum Gasteiger partial charge on any atom is -0.483 e. The number of anilines is 2. The zero-order valence-corrected chi connectivity index (χ0v) is 32.2. The number of carboxylic acids is 1. The summed E-state index contributed by atoms with van der Waals surface area (Å²) in [6.07, 6.45) is 7.15. The Labute approximate surface area is 315 Å². The van der Waals surface area contributed by atoms with Crippen LogP contribution in [0.1, 0.15) is 64.0 Å². The Balaban J connectivity index is 1.66. The maximum atomic E-state index is 14.7. The summed E-state index contributed by atoms with van der Waals surface area (Å²) in [4.78, 5) is 70.2. The average Bonchev–Trinajstić information content (AvgIpc) is 3.21. The van der Waals surface area contributed by atoms with Crippen LogP contribution in [0.15, 0.2) is 82.6 Å². The molecule has 0 spiro atoms. The van der Waals surface area contributed by atoms with Crippen molar-refractivity contribution in [2.24, 2.45) is 5.41 Å². The molecule has 1 aliphatic rings. The molecule has 52 heavy (non-hydrogen) atoms. The first-order valence-electron chi connectivity index (χ1n) is 17.1. The molecule has 3 N–H and O–H groups in total. The number of rotatable bonds is 18. The highest BCUT2D eigenvalue weighted by molar-refractivity contribution is 8.14. The molecule has 0 aromatic heterocycles. The van der Waals surface area contributed by atoms with Crippen molar-refractivity contribution >= 4 is 74.5 Å². The van der Waals surface area contributed by atoms with Crippen molar-refractivity contribution in [1.29, 1.82) is 0 Å². The molecule has 1 unspecified atom stereocenters. The number of benzene rings is 3. The average molecular weight is 768 g/mol. The second kappa shape index (κ2) is 19.1. The monoisotopic (exact) mass is 767 g/mol. The van der Waals surface area contributed by atoms with E-state index in [2.05, 4.69) is 10.6 Å². The van der Waals surface area contributed by atoms with E-state index in [1.807, 2.05) is 50.4 Å². The molecule has 0 saturated carbocycles. The van der Waals surface area contributed by atoms with Crippen molar-refractivity contribution in [3.63, 3.8) is 0 Å². The summed E-state index contributed by atoms with van der Waals surface area (Å²) in [7, 11) is -1.51. The largest absolute Gasteiger partial charge is 0.483 e. The zero-order valence-electron chi connectivity index (χ0n) is 29.7. The van der Waals surface area contributed by atoms with Gasteiger partial charge in [0, 0.05) is 27.6 Å². The molecule has 1 aliphatic heterocycles. The number of hydrogen-bond donors (Lipinski definition) is 3. The number of carbonyl (C=O) groups is 5. The van der Waals surface area contributed by atoms with Gasteiger partial charge >= 0.3 is 5.97 Å². The van der Waals surface area contributed by atoms with E-state index in [4.69, 9.17) is 4.74 Å². The lowest BCUT2D eigenvalue weighted by Crippen LogP contribution is -2.49. The molecular formula is C38H45N3O8S3. The Morgan fingerprint density at radius 3 is 2.13 bits per heavy atom. The molecule has 14 heteroatoms. The van der Waals surface area contributed by atoms with Crippen LogP contribution in [0, 0.1) is 5.41 Å². The second-order valence-electron chi connectivity index (χ2n) is 12.5. The van der Waals surface area contributed by atoms with Gasteiger partial charge in [-0.3, -0.25) is 28.3 Å². The predicted octanol–water partition coefficient (Wildman–Crippen LogP) is 6.26. The number of aliphatic carboxylic acids is 1. The van der Waals surface area contributed by atoms with Crippen LogP contribution in [0.4, 0.5) is 11.4 Å². The van der Waals surface area contributed by atoms with Gasteiger partial charge in [-0.1, -0.05) is 88.1 Å². The lowest BCUT2D eigenvalue weighted by atomic mass is 9.77. The van der Waals surface area contributed by atoms with Gasteiger partial charge in [-0.15, -0.1) is 11.8 Å². The van der Waals surface area contributed by atoms with Gasteiger partial charge in [-0.05, 0) is 60.7 Å². The summed E-state index contributed by atoms with van der Waals surface area (Å²) in [5.41, 5.74) is 0.375. The van der Waals surface area contributed by atoms with Gasteiger partial charge in [-0.25, -0.2) is 4.79 Å². The number of fused-ring (bicyclic) bond motifs is 1. The van der Waals surface area contributed by atoms with Crippen molar-refractivity contribution in [2.45, 2.75) is 74.2 Å². The van der Waals surface area contributed by atoms with E-state index in [-0.39, 0.29) is 16.8 Å². The van der Waals surface area contributed by atoms with E-state index >= 15 is 0 Å². The fraction of sp³-hybridized carbons (Fsp3) is 0.395. The SMILES string of the molecule is CCCCC1(CCCC)C(=O)Sc2cc(OCC(=O)N[C@@H](C(=O)N[C@@H](CS(C)=O)C(=O)O)c3ccccc3)c(SC)cc2N(c2ccccc2)C1=O. The molecule has 3 atom stereocenters. The fourth-order valence-electron chi connectivity index (χ4n) is 5.96. The van der Waals surface area contributed by atoms with Crippen LogP contribution in [-0.4, -0.2) is 69.0 Å². The van der Waals surface area contributed by atoms with Crippen molar-refractivity contribution in [3.05, 3.63) is 78.4 Å². The molecule has 4 rings (SSSR count). The molecule has 1 heterocycles. The number of thioether (sulfide) groups is 2. The lowest BCUT2D eigenvalue weighted by Gasteiger charge is -2.34. The number of hydrogen-bond acceptors (Lipinski definition) is 9. The summed E-state index contributed by atoms with van der Waals surface area (Å²) < 4.78 is 17.8. The predicted molar refractivity (Wildman–Crippen MR) is 205 cm³/mol. The molecule has 3 amide bonds. The van der Waals surface area contributed by atoms with Crippen LogP contribution < -0.4 is 20.3 Å². The highest BCUT2D eigenvalue weighted by Crippen LogP contribution is 2.51. The smallest absolute Gasteiger partial charge is 0.327 e. The van der Waals surface area contributed by atoms with Crippen LogP contribution in [0.3, 0.4) is 0 Å². The third-order valence-corrected chi connectivity index (χ3v) is 11.4. The summed E-state index contributed by atoms with van der Waals surface area (Å²) in [6.45, 7) is 3.57. The Hall–Kier alpha value is -4.14. The Morgan fingerprint density at radius 2 is 1.58 bits per heavy atom. The quantitative estimate of drug-likeness (QED) is 0.0997. The number of ether oxygens (including phenoxy) is 1. The molecule has 0 saturated heterocycles.